The monoisotopic (exact) mass is 274 g/mol. The molecule has 1 aliphatic rings. The van der Waals surface area contributed by atoms with Gasteiger partial charge >= 0.3 is 0 Å². The Labute approximate surface area is 115 Å². The Morgan fingerprint density at radius 1 is 1.47 bits per heavy atom. The highest BCUT2D eigenvalue weighted by atomic mass is 32.2. The average Bonchev–Trinajstić information content (AvgIpc) is 3.16. The highest BCUT2D eigenvalue weighted by Gasteiger charge is 2.17. The number of hydrogen-bond donors (Lipinski definition) is 1. The molecule has 0 atom stereocenters. The first-order chi connectivity index (χ1) is 9.35. The van der Waals surface area contributed by atoms with E-state index in [-0.39, 0.29) is 0 Å². The number of nitriles is 1. The second-order valence-corrected chi connectivity index (χ2v) is 5.94. The Kier molecular flexibility index (Phi) is 3.56. The summed E-state index contributed by atoms with van der Waals surface area (Å²) >= 11 is 1.91. The van der Waals surface area contributed by atoms with Crippen molar-refractivity contribution in [3.8, 4) is 17.7 Å². The van der Waals surface area contributed by atoms with Crippen LogP contribution >= 0.6 is 11.8 Å². The summed E-state index contributed by atoms with van der Waals surface area (Å²) in [5, 5.41) is 13.5. The third-order valence-corrected chi connectivity index (χ3v) is 4.63. The molecule has 1 N–H and O–H groups in total. The van der Waals surface area contributed by atoms with E-state index in [0.29, 0.717) is 17.1 Å². The van der Waals surface area contributed by atoms with E-state index in [4.69, 9.17) is 9.78 Å². The molecule has 0 unspecified atom stereocenters. The van der Waals surface area contributed by atoms with Gasteiger partial charge in [-0.25, -0.2) is 0 Å². The lowest BCUT2D eigenvalue weighted by Crippen LogP contribution is -1.95. The molecule has 19 heavy (non-hydrogen) atoms. The maximum atomic E-state index is 8.77. The molecular weight excluding hydrogens is 260 g/mol. The molecule has 1 saturated carbocycles. The second kappa shape index (κ2) is 5.49. The third-order valence-electron chi connectivity index (χ3n) is 3.26. The number of rotatable bonds is 4. The Bertz CT molecular complexity index is 592. The normalized spacial score (nSPS) is 15.7. The Morgan fingerprint density at radius 3 is 3.05 bits per heavy atom. The van der Waals surface area contributed by atoms with Crippen LogP contribution in [0.5, 0.6) is 0 Å². The number of H-pyrrole nitrogens is 1. The summed E-state index contributed by atoms with van der Waals surface area (Å²) in [6, 6.07) is 3.77. The summed E-state index contributed by atoms with van der Waals surface area (Å²) in [4.78, 5) is 7.31. The highest BCUT2D eigenvalue weighted by molar-refractivity contribution is 7.99. The van der Waals surface area contributed by atoms with Crippen molar-refractivity contribution in [3.63, 3.8) is 0 Å². The van der Waals surface area contributed by atoms with Gasteiger partial charge in [0.2, 0.25) is 0 Å². The predicted octanol–water partition coefficient (Wildman–Crippen LogP) is 3.11. The molecule has 3 rings (SSSR count). The van der Waals surface area contributed by atoms with Gasteiger partial charge < -0.3 is 9.51 Å². The zero-order chi connectivity index (χ0) is 13.1. The quantitative estimate of drug-likeness (QED) is 0.926. The van der Waals surface area contributed by atoms with Crippen LogP contribution in [-0.4, -0.2) is 20.4 Å². The van der Waals surface area contributed by atoms with Crippen LogP contribution < -0.4 is 0 Å². The van der Waals surface area contributed by atoms with Crippen molar-refractivity contribution in [3.05, 3.63) is 23.7 Å². The average molecular weight is 274 g/mol. The van der Waals surface area contributed by atoms with Gasteiger partial charge in [-0.2, -0.15) is 22.0 Å². The number of nitrogens with zero attached hydrogens (tertiary/aromatic N) is 3. The van der Waals surface area contributed by atoms with Crippen LogP contribution in [0.15, 0.2) is 16.8 Å². The number of thioether (sulfide) groups is 1. The Hall–Kier alpha value is -1.74. The topological polar surface area (TPSA) is 78.5 Å². The van der Waals surface area contributed by atoms with Crippen molar-refractivity contribution in [1.82, 2.24) is 15.1 Å². The molecule has 5 nitrogen and oxygen atoms in total. The van der Waals surface area contributed by atoms with Gasteiger partial charge in [0.05, 0.1) is 11.3 Å². The molecule has 0 aliphatic heterocycles. The molecule has 0 bridgehead atoms. The van der Waals surface area contributed by atoms with Gasteiger partial charge in [-0.1, -0.05) is 18.0 Å². The van der Waals surface area contributed by atoms with E-state index in [0.717, 1.165) is 16.8 Å². The van der Waals surface area contributed by atoms with Crippen molar-refractivity contribution >= 4 is 11.8 Å². The van der Waals surface area contributed by atoms with E-state index < -0.39 is 0 Å². The van der Waals surface area contributed by atoms with E-state index in [1.54, 1.807) is 12.3 Å². The molecule has 2 aromatic heterocycles. The molecule has 6 heteroatoms. The summed E-state index contributed by atoms with van der Waals surface area (Å²) < 4.78 is 5.21. The largest absolute Gasteiger partial charge is 0.356 e. The number of aromatic nitrogens is 3. The molecule has 0 amide bonds. The summed E-state index contributed by atoms with van der Waals surface area (Å²) in [6.07, 6.45) is 6.92. The third kappa shape index (κ3) is 2.82. The first kappa shape index (κ1) is 12.3. The van der Waals surface area contributed by atoms with Crippen LogP contribution in [-0.2, 0) is 5.75 Å². The number of nitrogens with one attached hydrogen (secondary N) is 1. The van der Waals surface area contributed by atoms with Crippen LogP contribution in [0.3, 0.4) is 0 Å². The van der Waals surface area contributed by atoms with Crippen molar-refractivity contribution in [2.24, 2.45) is 0 Å². The lowest BCUT2D eigenvalue weighted by Gasteiger charge is -2.04. The fraction of sp³-hybridized carbons (Fsp3) is 0.462. The minimum absolute atomic E-state index is 0.448. The lowest BCUT2D eigenvalue weighted by molar-refractivity contribution is 0.424. The molecule has 2 aromatic rings. The molecule has 1 aliphatic carbocycles. The van der Waals surface area contributed by atoms with Crippen LogP contribution in [0.4, 0.5) is 0 Å². The van der Waals surface area contributed by atoms with Crippen molar-refractivity contribution in [2.75, 3.05) is 0 Å². The molecule has 1 fully saturated rings. The fourth-order valence-corrected chi connectivity index (χ4v) is 3.42. The molecule has 0 aromatic carbocycles. The van der Waals surface area contributed by atoms with Gasteiger partial charge in [0.25, 0.3) is 5.89 Å². The van der Waals surface area contributed by atoms with E-state index in [1.807, 2.05) is 11.8 Å². The first-order valence-electron chi connectivity index (χ1n) is 6.38. The zero-order valence-corrected chi connectivity index (χ0v) is 11.2. The van der Waals surface area contributed by atoms with Gasteiger partial charge in [0, 0.05) is 11.4 Å². The van der Waals surface area contributed by atoms with Gasteiger partial charge in [-0.3, -0.25) is 0 Å². The van der Waals surface area contributed by atoms with Crippen molar-refractivity contribution in [2.45, 2.75) is 36.7 Å². The predicted molar refractivity (Wildman–Crippen MR) is 72.4 cm³/mol. The lowest BCUT2D eigenvalue weighted by atomic mass is 10.3. The Balaban J connectivity index is 1.64. The number of hydrogen-bond acceptors (Lipinski definition) is 5. The Morgan fingerprint density at radius 2 is 2.32 bits per heavy atom. The van der Waals surface area contributed by atoms with E-state index in [9.17, 15) is 0 Å². The van der Waals surface area contributed by atoms with E-state index >= 15 is 0 Å². The summed E-state index contributed by atoms with van der Waals surface area (Å²) in [5.74, 6) is 1.96. The van der Waals surface area contributed by atoms with Gasteiger partial charge in [0.15, 0.2) is 5.82 Å². The van der Waals surface area contributed by atoms with Gasteiger partial charge in [0.1, 0.15) is 11.8 Å². The van der Waals surface area contributed by atoms with E-state index in [2.05, 4.69) is 21.2 Å². The molecule has 0 spiro atoms. The fourth-order valence-electron chi connectivity index (χ4n) is 2.25. The van der Waals surface area contributed by atoms with E-state index in [1.165, 1.54) is 25.7 Å². The van der Waals surface area contributed by atoms with Gasteiger partial charge in [-0.05, 0) is 18.9 Å². The van der Waals surface area contributed by atoms with Crippen LogP contribution in [0.25, 0.3) is 11.6 Å². The zero-order valence-electron chi connectivity index (χ0n) is 10.4. The second-order valence-electron chi connectivity index (χ2n) is 4.65. The maximum Gasteiger partial charge on any atom is 0.274 e. The van der Waals surface area contributed by atoms with Crippen molar-refractivity contribution in [1.29, 1.82) is 5.26 Å². The highest BCUT2D eigenvalue weighted by Crippen LogP contribution is 2.31. The molecule has 98 valence electrons. The van der Waals surface area contributed by atoms with Gasteiger partial charge in [-0.15, -0.1) is 0 Å². The standard InChI is InChI=1S/C13H14N4OS/c14-6-9-5-11(15-7-9)13-16-12(17-18-13)8-19-10-3-1-2-4-10/h5,7,10,15H,1-4,8H2. The first-order valence-corrected chi connectivity index (χ1v) is 7.43. The minimum atomic E-state index is 0.448. The SMILES string of the molecule is N#Cc1c[nH]c(-c2nc(CSC3CCCC3)no2)c1. The molecule has 0 radical (unpaired) electrons. The van der Waals surface area contributed by atoms with Crippen LogP contribution in [0.2, 0.25) is 0 Å². The minimum Gasteiger partial charge on any atom is -0.356 e. The van der Waals surface area contributed by atoms with Crippen molar-refractivity contribution < 1.29 is 4.52 Å². The number of aromatic amines is 1. The van der Waals surface area contributed by atoms with Crippen LogP contribution in [0, 0.1) is 11.3 Å². The summed E-state index contributed by atoms with van der Waals surface area (Å²) in [6.45, 7) is 0. The molecular formula is C13H14N4OS. The summed E-state index contributed by atoms with van der Waals surface area (Å²) in [7, 11) is 0. The van der Waals surface area contributed by atoms with Crippen LogP contribution in [0.1, 0.15) is 37.1 Å². The molecule has 2 heterocycles. The summed E-state index contributed by atoms with van der Waals surface area (Å²) in [5.41, 5.74) is 1.26. The maximum absolute atomic E-state index is 8.77. The smallest absolute Gasteiger partial charge is 0.274 e. The molecule has 0 saturated heterocycles.